The number of fused-ring (bicyclic) bond motifs is 1. The van der Waals surface area contributed by atoms with E-state index in [9.17, 15) is 9.59 Å². The molecule has 31 heavy (non-hydrogen) atoms. The van der Waals surface area contributed by atoms with E-state index >= 15 is 0 Å². The van der Waals surface area contributed by atoms with Gasteiger partial charge in [-0.2, -0.15) is 0 Å². The van der Waals surface area contributed by atoms with Crippen LogP contribution in [0.4, 0.5) is 5.69 Å². The first-order valence-corrected chi connectivity index (χ1v) is 11.7. The summed E-state index contributed by atoms with van der Waals surface area (Å²) in [5.41, 5.74) is 1.96. The largest absolute Gasteiger partial charge is 0.482 e. The molecule has 0 spiro atoms. The fourth-order valence-electron chi connectivity index (χ4n) is 3.89. The molecule has 0 aromatic heterocycles. The quantitative estimate of drug-likeness (QED) is 0.573. The van der Waals surface area contributed by atoms with Crippen LogP contribution in [0.25, 0.3) is 0 Å². The molecule has 0 radical (unpaired) electrons. The van der Waals surface area contributed by atoms with Crippen LogP contribution in [-0.2, 0) is 15.0 Å². The van der Waals surface area contributed by atoms with E-state index < -0.39 is 0 Å². The zero-order valence-electron chi connectivity index (χ0n) is 20.3. The van der Waals surface area contributed by atoms with Gasteiger partial charge in [0.05, 0.1) is 5.69 Å². The Bertz CT molecular complexity index is 738. The second-order valence-corrected chi connectivity index (χ2v) is 9.51. The summed E-state index contributed by atoms with van der Waals surface area (Å²) in [6.07, 6.45) is 3.10. The van der Waals surface area contributed by atoms with Gasteiger partial charge in [-0.15, -0.1) is 0 Å². The Morgan fingerprint density at radius 2 is 1.94 bits per heavy atom. The lowest BCUT2D eigenvalue weighted by molar-refractivity contribution is -0.123. The minimum absolute atomic E-state index is 0.0114. The van der Waals surface area contributed by atoms with Crippen molar-refractivity contribution in [2.75, 3.05) is 37.7 Å². The predicted molar refractivity (Wildman–Crippen MR) is 127 cm³/mol. The highest BCUT2D eigenvalue weighted by atomic mass is 16.5. The lowest BCUT2D eigenvalue weighted by Gasteiger charge is -2.31. The molecule has 0 saturated heterocycles. The van der Waals surface area contributed by atoms with Crippen molar-refractivity contribution in [1.82, 2.24) is 10.2 Å². The Morgan fingerprint density at radius 3 is 2.58 bits per heavy atom. The number of nitrogens with zero attached hydrogens (tertiary/aromatic N) is 2. The average Bonchev–Trinajstić information content (AvgIpc) is 2.71. The number of rotatable bonds is 11. The second-order valence-electron chi connectivity index (χ2n) is 9.51. The monoisotopic (exact) mass is 431 g/mol. The summed E-state index contributed by atoms with van der Waals surface area (Å²) in [5.74, 6) is 0.738. The minimum Gasteiger partial charge on any atom is -0.482 e. The van der Waals surface area contributed by atoms with Crippen LogP contribution < -0.4 is 15.0 Å². The fraction of sp³-hybridized carbons (Fsp3) is 0.680. The number of carbonyl (C=O) groups excluding carboxylic acids is 2. The molecule has 0 fully saturated rings. The standard InChI is InChI=1S/C25H41N3O3/c1-7-27(8-2)15-9-11-19(3)26-23(29)12-10-16-28-21-17-20(25(4,5)6)13-14-22(21)31-18-24(28)30/h13-14,17,19H,7-12,15-16,18H2,1-6H3,(H,26,29). The number of nitrogens with one attached hydrogen (secondary N) is 1. The van der Waals surface area contributed by atoms with Gasteiger partial charge in [0.15, 0.2) is 6.61 Å². The minimum atomic E-state index is -0.0521. The van der Waals surface area contributed by atoms with Gasteiger partial charge in [0.2, 0.25) is 5.91 Å². The third kappa shape index (κ3) is 7.53. The summed E-state index contributed by atoms with van der Waals surface area (Å²) < 4.78 is 5.61. The van der Waals surface area contributed by atoms with Gasteiger partial charge < -0.3 is 19.9 Å². The van der Waals surface area contributed by atoms with Gasteiger partial charge in [0, 0.05) is 19.0 Å². The molecule has 1 unspecified atom stereocenters. The Labute approximate surface area is 188 Å². The molecule has 1 aromatic carbocycles. The van der Waals surface area contributed by atoms with E-state index in [2.05, 4.69) is 57.8 Å². The molecule has 0 saturated carbocycles. The highest BCUT2D eigenvalue weighted by molar-refractivity contribution is 5.98. The van der Waals surface area contributed by atoms with Crippen molar-refractivity contribution in [2.45, 2.75) is 78.7 Å². The van der Waals surface area contributed by atoms with E-state index in [0.717, 1.165) is 49.5 Å². The Hall–Kier alpha value is -2.08. The number of hydrogen-bond donors (Lipinski definition) is 1. The lowest BCUT2D eigenvalue weighted by atomic mass is 9.86. The zero-order valence-corrected chi connectivity index (χ0v) is 20.3. The third-order valence-electron chi connectivity index (χ3n) is 5.97. The molecule has 174 valence electrons. The van der Waals surface area contributed by atoms with Gasteiger partial charge >= 0.3 is 0 Å². The third-order valence-corrected chi connectivity index (χ3v) is 5.97. The summed E-state index contributed by atoms with van der Waals surface area (Å²) in [5, 5.41) is 3.10. The van der Waals surface area contributed by atoms with E-state index in [1.165, 1.54) is 0 Å². The van der Waals surface area contributed by atoms with Crippen molar-refractivity contribution in [1.29, 1.82) is 0 Å². The van der Waals surface area contributed by atoms with Crippen molar-refractivity contribution in [3.63, 3.8) is 0 Å². The molecular weight excluding hydrogens is 390 g/mol. The normalized spacial score (nSPS) is 14.9. The van der Waals surface area contributed by atoms with Crippen LogP contribution in [0.5, 0.6) is 5.75 Å². The maximum absolute atomic E-state index is 12.5. The summed E-state index contributed by atoms with van der Waals surface area (Å²) in [4.78, 5) is 29.0. The maximum atomic E-state index is 12.5. The van der Waals surface area contributed by atoms with Gasteiger partial charge in [-0.3, -0.25) is 9.59 Å². The van der Waals surface area contributed by atoms with Crippen molar-refractivity contribution in [3.8, 4) is 5.75 Å². The predicted octanol–water partition coefficient (Wildman–Crippen LogP) is 4.12. The highest BCUT2D eigenvalue weighted by Crippen LogP contribution is 2.36. The van der Waals surface area contributed by atoms with Crippen molar-refractivity contribution >= 4 is 17.5 Å². The number of hydrogen-bond acceptors (Lipinski definition) is 4. The second kappa shape index (κ2) is 11.5. The van der Waals surface area contributed by atoms with E-state index in [1.807, 2.05) is 12.1 Å². The van der Waals surface area contributed by atoms with Gasteiger partial charge in [-0.1, -0.05) is 40.7 Å². The van der Waals surface area contributed by atoms with Crippen LogP contribution in [-0.4, -0.2) is 55.5 Å². The molecule has 1 atom stereocenters. The molecule has 1 heterocycles. The number of anilines is 1. The SMILES string of the molecule is CCN(CC)CCCC(C)NC(=O)CCCN1C(=O)COc2ccc(C(C)(C)C)cc21. The first-order valence-electron chi connectivity index (χ1n) is 11.7. The summed E-state index contributed by atoms with van der Waals surface area (Å²) in [6, 6.07) is 6.22. The molecule has 0 aliphatic carbocycles. The first kappa shape index (κ1) is 25.2. The topological polar surface area (TPSA) is 61.9 Å². The summed E-state index contributed by atoms with van der Waals surface area (Å²) in [7, 11) is 0. The molecule has 1 aromatic rings. The smallest absolute Gasteiger partial charge is 0.265 e. The van der Waals surface area contributed by atoms with E-state index in [1.54, 1.807) is 4.90 Å². The zero-order chi connectivity index (χ0) is 23.0. The number of benzene rings is 1. The van der Waals surface area contributed by atoms with Crippen molar-refractivity contribution < 1.29 is 14.3 Å². The number of carbonyl (C=O) groups is 2. The van der Waals surface area contributed by atoms with Crippen molar-refractivity contribution in [2.24, 2.45) is 0 Å². The van der Waals surface area contributed by atoms with Crippen LogP contribution in [0.2, 0.25) is 0 Å². The summed E-state index contributed by atoms with van der Waals surface area (Å²) in [6.45, 7) is 16.7. The lowest BCUT2D eigenvalue weighted by Crippen LogP contribution is -2.40. The molecular formula is C25H41N3O3. The molecule has 6 nitrogen and oxygen atoms in total. The van der Waals surface area contributed by atoms with E-state index in [0.29, 0.717) is 19.4 Å². The summed E-state index contributed by atoms with van der Waals surface area (Å²) >= 11 is 0. The van der Waals surface area contributed by atoms with Gasteiger partial charge in [-0.25, -0.2) is 0 Å². The van der Waals surface area contributed by atoms with Gasteiger partial charge in [0.1, 0.15) is 5.75 Å². The Morgan fingerprint density at radius 1 is 1.23 bits per heavy atom. The Balaban J connectivity index is 1.84. The van der Waals surface area contributed by atoms with Gasteiger partial charge in [-0.05, 0) is 68.9 Å². The van der Waals surface area contributed by atoms with Crippen LogP contribution >= 0.6 is 0 Å². The number of ether oxygens (including phenoxy) is 1. The Kier molecular flexibility index (Phi) is 9.35. The van der Waals surface area contributed by atoms with Crippen molar-refractivity contribution in [3.05, 3.63) is 23.8 Å². The fourth-order valence-corrected chi connectivity index (χ4v) is 3.89. The van der Waals surface area contributed by atoms with E-state index in [4.69, 9.17) is 4.74 Å². The molecule has 2 amide bonds. The van der Waals surface area contributed by atoms with Crippen LogP contribution in [0.1, 0.15) is 72.8 Å². The van der Waals surface area contributed by atoms with Crippen LogP contribution in [0, 0.1) is 0 Å². The molecule has 1 aliphatic rings. The van der Waals surface area contributed by atoms with Gasteiger partial charge in [0.25, 0.3) is 5.91 Å². The van der Waals surface area contributed by atoms with Crippen LogP contribution in [0.15, 0.2) is 18.2 Å². The maximum Gasteiger partial charge on any atom is 0.265 e. The molecule has 1 aliphatic heterocycles. The number of amides is 2. The van der Waals surface area contributed by atoms with Crippen LogP contribution in [0.3, 0.4) is 0 Å². The van der Waals surface area contributed by atoms with E-state index in [-0.39, 0.29) is 29.9 Å². The average molecular weight is 432 g/mol. The first-order chi connectivity index (χ1) is 14.7. The molecule has 6 heteroatoms. The highest BCUT2D eigenvalue weighted by Gasteiger charge is 2.27. The molecule has 2 rings (SSSR count). The molecule has 0 bridgehead atoms. The molecule has 1 N–H and O–H groups in total.